The lowest BCUT2D eigenvalue weighted by atomic mass is 10.1. The van der Waals surface area contributed by atoms with Gasteiger partial charge in [-0.2, -0.15) is 4.31 Å². The van der Waals surface area contributed by atoms with Gasteiger partial charge in [-0.15, -0.1) is 0 Å². The fraction of sp³-hybridized carbons (Fsp3) is 0.182. The third kappa shape index (κ3) is 3.89. The van der Waals surface area contributed by atoms with Crippen molar-refractivity contribution in [2.24, 2.45) is 0 Å². The second kappa shape index (κ2) is 7.18. The first-order chi connectivity index (χ1) is 13.0. The monoisotopic (exact) mass is 379 g/mol. The van der Waals surface area contributed by atoms with Crippen molar-refractivity contribution in [3.05, 3.63) is 95.6 Å². The van der Waals surface area contributed by atoms with E-state index >= 15 is 0 Å². The lowest BCUT2D eigenvalue weighted by Crippen LogP contribution is -2.12. The molecule has 4 nitrogen and oxygen atoms in total. The Morgan fingerprint density at radius 2 is 1.70 bits per heavy atom. The molecule has 3 aromatic carbocycles. The van der Waals surface area contributed by atoms with Gasteiger partial charge in [-0.25, -0.2) is 8.42 Å². The first kappa shape index (κ1) is 17.8. The second-order valence-corrected chi connectivity index (χ2v) is 8.64. The summed E-state index contributed by atoms with van der Waals surface area (Å²) in [6.07, 6.45) is 0. The molecule has 1 saturated heterocycles. The summed E-state index contributed by atoms with van der Waals surface area (Å²) in [4.78, 5) is 0.340. The third-order valence-corrected chi connectivity index (χ3v) is 6.57. The van der Waals surface area contributed by atoms with E-state index in [1.165, 1.54) is 4.31 Å². The summed E-state index contributed by atoms with van der Waals surface area (Å²) >= 11 is 0. The molecular weight excluding hydrogens is 358 g/mol. The summed E-state index contributed by atoms with van der Waals surface area (Å²) in [6, 6.07) is 24.5. The molecule has 1 fully saturated rings. The minimum Gasteiger partial charge on any atom is -0.489 e. The third-order valence-electron chi connectivity index (χ3n) is 4.69. The molecular formula is C22H21NO3S. The summed E-state index contributed by atoms with van der Waals surface area (Å²) in [5.74, 6) is 0.746. The predicted molar refractivity (Wildman–Crippen MR) is 105 cm³/mol. The second-order valence-electron chi connectivity index (χ2n) is 6.75. The molecule has 1 aliphatic rings. The molecule has 0 aliphatic carbocycles. The molecule has 27 heavy (non-hydrogen) atoms. The van der Waals surface area contributed by atoms with Gasteiger partial charge >= 0.3 is 0 Å². The molecule has 2 atom stereocenters. The average Bonchev–Trinajstić information content (AvgIpc) is 3.50. The van der Waals surface area contributed by atoms with Crippen molar-refractivity contribution >= 4 is 10.0 Å². The van der Waals surface area contributed by atoms with E-state index in [-0.39, 0.29) is 6.04 Å². The molecule has 3 aromatic rings. The largest absolute Gasteiger partial charge is 0.489 e. The zero-order chi connectivity index (χ0) is 18.9. The van der Waals surface area contributed by atoms with Gasteiger partial charge in [0.05, 0.1) is 10.9 Å². The van der Waals surface area contributed by atoms with Gasteiger partial charge in [0.2, 0.25) is 10.0 Å². The van der Waals surface area contributed by atoms with Crippen LogP contribution in [0.5, 0.6) is 5.75 Å². The standard InChI is InChI=1S/C22H21NO3S/c1-17-10-12-21(13-11-17)27(24,25)23-15-22(23)19-8-5-9-20(14-19)26-16-18-6-3-2-4-7-18/h2-14,22H,15-16H2,1H3. The Hall–Kier alpha value is -2.63. The van der Waals surface area contributed by atoms with E-state index < -0.39 is 10.0 Å². The van der Waals surface area contributed by atoms with Crippen LogP contribution in [0.2, 0.25) is 0 Å². The van der Waals surface area contributed by atoms with Crippen LogP contribution in [0.4, 0.5) is 0 Å². The molecule has 2 unspecified atom stereocenters. The number of hydrogen-bond donors (Lipinski definition) is 0. The molecule has 0 radical (unpaired) electrons. The highest BCUT2D eigenvalue weighted by Crippen LogP contribution is 2.41. The van der Waals surface area contributed by atoms with Crippen LogP contribution >= 0.6 is 0 Å². The highest BCUT2D eigenvalue weighted by atomic mass is 32.2. The number of benzene rings is 3. The van der Waals surface area contributed by atoms with Crippen molar-refractivity contribution < 1.29 is 13.2 Å². The molecule has 0 saturated carbocycles. The molecule has 0 spiro atoms. The lowest BCUT2D eigenvalue weighted by molar-refractivity contribution is 0.306. The van der Waals surface area contributed by atoms with Crippen molar-refractivity contribution in [2.75, 3.05) is 6.54 Å². The van der Waals surface area contributed by atoms with E-state index in [2.05, 4.69) is 0 Å². The van der Waals surface area contributed by atoms with E-state index in [9.17, 15) is 8.42 Å². The summed E-state index contributed by atoms with van der Waals surface area (Å²) in [5.41, 5.74) is 3.09. The van der Waals surface area contributed by atoms with Gasteiger partial charge in [0.25, 0.3) is 0 Å². The summed E-state index contributed by atoms with van der Waals surface area (Å²) in [5, 5.41) is 0. The van der Waals surface area contributed by atoms with Gasteiger partial charge in [0, 0.05) is 6.54 Å². The Balaban J connectivity index is 1.46. The maximum absolute atomic E-state index is 12.8. The fourth-order valence-corrected chi connectivity index (χ4v) is 4.60. The van der Waals surface area contributed by atoms with Crippen LogP contribution in [-0.2, 0) is 16.6 Å². The van der Waals surface area contributed by atoms with E-state index in [0.29, 0.717) is 18.0 Å². The fourth-order valence-electron chi connectivity index (χ4n) is 3.06. The number of nitrogens with zero attached hydrogens (tertiary/aromatic N) is 1. The van der Waals surface area contributed by atoms with E-state index in [4.69, 9.17) is 4.74 Å². The van der Waals surface area contributed by atoms with Crippen LogP contribution < -0.4 is 4.74 Å². The molecule has 1 aliphatic heterocycles. The maximum Gasteiger partial charge on any atom is 0.243 e. The minimum absolute atomic E-state index is 0.128. The van der Waals surface area contributed by atoms with Crippen LogP contribution in [0.25, 0.3) is 0 Å². The number of sulfonamides is 1. The van der Waals surface area contributed by atoms with Gasteiger partial charge in [-0.3, -0.25) is 0 Å². The molecule has 1 heterocycles. The van der Waals surface area contributed by atoms with Crippen molar-refractivity contribution in [2.45, 2.75) is 24.5 Å². The van der Waals surface area contributed by atoms with Crippen LogP contribution in [0.3, 0.4) is 0 Å². The summed E-state index contributed by atoms with van der Waals surface area (Å²) < 4.78 is 32.9. The lowest BCUT2D eigenvalue weighted by Gasteiger charge is -2.09. The highest BCUT2D eigenvalue weighted by molar-refractivity contribution is 7.89. The van der Waals surface area contributed by atoms with Gasteiger partial charge < -0.3 is 4.74 Å². The Morgan fingerprint density at radius 3 is 2.44 bits per heavy atom. The van der Waals surface area contributed by atoms with E-state index in [0.717, 1.165) is 22.4 Å². The highest BCUT2D eigenvalue weighted by Gasteiger charge is 2.45. The molecule has 0 aromatic heterocycles. The Kier molecular flexibility index (Phi) is 4.72. The normalized spacial score (nSPS) is 18.9. The predicted octanol–water partition coefficient (Wildman–Crippen LogP) is 4.32. The molecule has 5 heteroatoms. The average molecular weight is 379 g/mol. The van der Waals surface area contributed by atoms with Crippen molar-refractivity contribution in [1.82, 2.24) is 4.31 Å². The van der Waals surface area contributed by atoms with E-state index in [1.54, 1.807) is 12.1 Å². The van der Waals surface area contributed by atoms with Crippen molar-refractivity contribution in [3.63, 3.8) is 0 Å². The minimum atomic E-state index is -3.46. The Morgan fingerprint density at radius 1 is 0.963 bits per heavy atom. The molecule has 0 amide bonds. The number of hydrogen-bond acceptors (Lipinski definition) is 3. The van der Waals surface area contributed by atoms with Gasteiger partial charge in [0.15, 0.2) is 0 Å². The molecule has 138 valence electrons. The van der Waals surface area contributed by atoms with Crippen LogP contribution in [0.15, 0.2) is 83.8 Å². The number of rotatable bonds is 6. The molecule has 0 bridgehead atoms. The molecule has 0 N–H and O–H groups in total. The smallest absolute Gasteiger partial charge is 0.243 e. The first-order valence-corrected chi connectivity index (χ1v) is 10.3. The Bertz CT molecular complexity index is 1030. The van der Waals surface area contributed by atoms with Gasteiger partial charge in [-0.05, 0) is 42.3 Å². The van der Waals surface area contributed by atoms with Gasteiger partial charge in [0.1, 0.15) is 12.4 Å². The van der Waals surface area contributed by atoms with Crippen molar-refractivity contribution in [1.29, 1.82) is 0 Å². The molecule has 4 rings (SSSR count). The van der Waals surface area contributed by atoms with Crippen LogP contribution in [0, 0.1) is 6.92 Å². The summed E-state index contributed by atoms with van der Waals surface area (Å²) in [7, 11) is -3.46. The summed E-state index contributed by atoms with van der Waals surface area (Å²) in [6.45, 7) is 2.93. The van der Waals surface area contributed by atoms with Crippen LogP contribution in [0.1, 0.15) is 22.7 Å². The topological polar surface area (TPSA) is 46.4 Å². The van der Waals surface area contributed by atoms with E-state index in [1.807, 2.05) is 73.7 Å². The Labute approximate surface area is 160 Å². The quantitative estimate of drug-likeness (QED) is 0.599. The first-order valence-electron chi connectivity index (χ1n) is 8.89. The van der Waals surface area contributed by atoms with Crippen molar-refractivity contribution in [3.8, 4) is 5.75 Å². The number of ether oxygens (including phenoxy) is 1. The van der Waals surface area contributed by atoms with Gasteiger partial charge in [-0.1, -0.05) is 60.2 Å². The maximum atomic E-state index is 12.8. The zero-order valence-corrected chi connectivity index (χ0v) is 15.9. The number of aryl methyl sites for hydroxylation is 1. The SMILES string of the molecule is Cc1ccc(S(=O)(=O)N2CC2c2cccc(OCc3ccccc3)c2)cc1. The van der Waals surface area contributed by atoms with Crippen LogP contribution in [-0.4, -0.2) is 19.3 Å². The zero-order valence-electron chi connectivity index (χ0n) is 15.1.